The third-order valence-electron chi connectivity index (χ3n) is 4.15. The van der Waals surface area contributed by atoms with Crippen LogP contribution in [0.2, 0.25) is 0 Å². The fourth-order valence-electron chi connectivity index (χ4n) is 2.93. The van der Waals surface area contributed by atoms with E-state index in [1.807, 2.05) is 60.7 Å². The first-order chi connectivity index (χ1) is 12.5. The summed E-state index contributed by atoms with van der Waals surface area (Å²) in [5.74, 6) is 0. The molecule has 0 unspecified atom stereocenters. The van der Waals surface area contributed by atoms with Crippen LogP contribution in [0.3, 0.4) is 0 Å². The van der Waals surface area contributed by atoms with Crippen molar-refractivity contribution in [3.05, 3.63) is 115 Å². The third kappa shape index (κ3) is 3.92. The van der Waals surface area contributed by atoms with Gasteiger partial charge in [-0.05, 0) is 17.2 Å². The van der Waals surface area contributed by atoms with E-state index in [0.717, 1.165) is 17.2 Å². The molecule has 0 aliphatic carbocycles. The molecule has 3 aromatic rings. The van der Waals surface area contributed by atoms with Crippen LogP contribution in [0.1, 0.15) is 22.3 Å². The lowest BCUT2D eigenvalue weighted by Gasteiger charge is -2.09. The minimum absolute atomic E-state index is 0.225. The summed E-state index contributed by atoms with van der Waals surface area (Å²) >= 11 is 0. The van der Waals surface area contributed by atoms with E-state index < -0.39 is 9.85 Å². The second kappa shape index (κ2) is 7.57. The van der Waals surface area contributed by atoms with Gasteiger partial charge in [0.1, 0.15) is 0 Å². The van der Waals surface area contributed by atoms with Gasteiger partial charge in [-0.25, -0.2) is 0 Å². The number of nitro benzene ring substituents is 2. The van der Waals surface area contributed by atoms with Crippen molar-refractivity contribution in [3.63, 3.8) is 0 Å². The summed E-state index contributed by atoms with van der Waals surface area (Å²) < 4.78 is 0. The average Bonchev–Trinajstić information content (AvgIpc) is 2.63. The fourth-order valence-corrected chi connectivity index (χ4v) is 2.93. The molecule has 0 heterocycles. The molecule has 3 rings (SSSR count). The Morgan fingerprint density at radius 3 is 1.35 bits per heavy atom. The van der Waals surface area contributed by atoms with Crippen LogP contribution in [0.25, 0.3) is 0 Å². The highest BCUT2D eigenvalue weighted by Gasteiger charge is 2.24. The van der Waals surface area contributed by atoms with Gasteiger partial charge in [0.15, 0.2) is 0 Å². The molecule has 3 aromatic carbocycles. The summed E-state index contributed by atoms with van der Waals surface area (Å²) in [6.45, 7) is 0. The Bertz CT molecular complexity index is 866. The lowest BCUT2D eigenvalue weighted by atomic mass is 9.96. The Morgan fingerprint density at radius 2 is 1.00 bits per heavy atom. The predicted octanol–water partition coefficient (Wildman–Crippen LogP) is 4.68. The van der Waals surface area contributed by atoms with Crippen LogP contribution in [-0.2, 0) is 12.8 Å². The van der Waals surface area contributed by atoms with Gasteiger partial charge < -0.3 is 0 Å². The molecule has 26 heavy (non-hydrogen) atoms. The lowest BCUT2D eigenvalue weighted by molar-refractivity contribution is -0.395. The molecule has 0 N–H and O–H groups in total. The summed E-state index contributed by atoms with van der Waals surface area (Å²) in [4.78, 5) is 21.8. The Morgan fingerprint density at radius 1 is 0.615 bits per heavy atom. The van der Waals surface area contributed by atoms with Gasteiger partial charge in [-0.2, -0.15) is 0 Å². The largest absolute Gasteiger partial charge is 0.279 e. The van der Waals surface area contributed by atoms with Crippen LogP contribution >= 0.6 is 0 Å². The normalized spacial score (nSPS) is 10.5. The van der Waals surface area contributed by atoms with Crippen molar-refractivity contribution >= 4 is 11.4 Å². The van der Waals surface area contributed by atoms with Gasteiger partial charge in [-0.15, -0.1) is 0 Å². The van der Waals surface area contributed by atoms with Crippen molar-refractivity contribution in [2.45, 2.75) is 12.8 Å². The highest BCUT2D eigenvalue weighted by atomic mass is 16.6. The van der Waals surface area contributed by atoms with E-state index in [2.05, 4.69) is 0 Å². The molecule has 0 aliphatic rings. The number of hydrogen-bond acceptors (Lipinski definition) is 4. The Hall–Kier alpha value is -3.54. The molecule has 6 heteroatoms. The minimum atomic E-state index is -0.558. The zero-order chi connectivity index (χ0) is 18.5. The summed E-state index contributed by atoms with van der Waals surface area (Å²) in [6, 6.07) is 21.4. The lowest BCUT2D eigenvalue weighted by Crippen LogP contribution is -2.03. The summed E-state index contributed by atoms with van der Waals surface area (Å²) in [6.07, 6.45) is 0.688. The molecule has 0 bridgehead atoms. The average molecular weight is 348 g/mol. The Balaban J connectivity index is 2.08. The molecule has 0 aromatic heterocycles. The molecule has 130 valence electrons. The van der Waals surface area contributed by atoms with Gasteiger partial charge in [0, 0.05) is 24.0 Å². The fraction of sp³-hybridized carbons (Fsp3) is 0.100. The monoisotopic (exact) mass is 348 g/mol. The quantitative estimate of drug-likeness (QED) is 0.478. The molecule has 0 atom stereocenters. The summed E-state index contributed by atoms with van der Waals surface area (Å²) in [5.41, 5.74) is 2.32. The standard InChI is InChI=1S/C20H16N2O4/c23-21(24)19-14-20(22(25)26)18(12-16-9-5-2-6-10-16)13-17(19)11-15-7-3-1-4-8-15/h1-10,13-14H,11-12H2. The van der Waals surface area contributed by atoms with E-state index in [4.69, 9.17) is 0 Å². The number of benzene rings is 3. The maximum absolute atomic E-state index is 11.4. The van der Waals surface area contributed by atoms with Crippen molar-refractivity contribution in [2.24, 2.45) is 0 Å². The van der Waals surface area contributed by atoms with Crippen LogP contribution in [0.4, 0.5) is 11.4 Å². The molecule has 0 aliphatic heterocycles. The van der Waals surface area contributed by atoms with E-state index in [-0.39, 0.29) is 11.4 Å². The van der Waals surface area contributed by atoms with Gasteiger partial charge in [0.2, 0.25) is 0 Å². The van der Waals surface area contributed by atoms with E-state index >= 15 is 0 Å². The van der Waals surface area contributed by atoms with Gasteiger partial charge in [-0.1, -0.05) is 60.7 Å². The van der Waals surface area contributed by atoms with E-state index in [1.165, 1.54) is 0 Å². The maximum atomic E-state index is 11.4. The number of rotatable bonds is 6. The second-order valence-electron chi connectivity index (χ2n) is 5.95. The van der Waals surface area contributed by atoms with Crippen LogP contribution in [0.15, 0.2) is 72.8 Å². The third-order valence-corrected chi connectivity index (χ3v) is 4.15. The first-order valence-corrected chi connectivity index (χ1v) is 8.07. The van der Waals surface area contributed by atoms with Crippen molar-refractivity contribution in [1.82, 2.24) is 0 Å². The zero-order valence-corrected chi connectivity index (χ0v) is 13.9. The topological polar surface area (TPSA) is 86.3 Å². The SMILES string of the molecule is O=[N+]([O-])c1cc([N+](=O)[O-])c(Cc2ccccc2)cc1Cc1ccccc1. The van der Waals surface area contributed by atoms with Crippen LogP contribution in [-0.4, -0.2) is 9.85 Å². The summed E-state index contributed by atoms with van der Waals surface area (Å²) in [7, 11) is 0. The zero-order valence-electron chi connectivity index (χ0n) is 13.9. The summed E-state index contributed by atoms with van der Waals surface area (Å²) in [5, 5.41) is 22.9. The number of hydrogen-bond donors (Lipinski definition) is 0. The Kier molecular flexibility index (Phi) is 5.03. The van der Waals surface area contributed by atoms with Crippen molar-refractivity contribution < 1.29 is 9.85 Å². The Labute approximate surface area is 150 Å². The highest BCUT2D eigenvalue weighted by Crippen LogP contribution is 2.32. The van der Waals surface area contributed by atoms with Crippen LogP contribution < -0.4 is 0 Å². The molecule has 0 amide bonds. The molecule has 0 fully saturated rings. The highest BCUT2D eigenvalue weighted by molar-refractivity contribution is 5.56. The predicted molar refractivity (Wildman–Crippen MR) is 98.2 cm³/mol. The number of nitro groups is 2. The molecular formula is C20H16N2O4. The van der Waals surface area contributed by atoms with Crippen LogP contribution in [0, 0.1) is 20.2 Å². The second-order valence-corrected chi connectivity index (χ2v) is 5.95. The van der Waals surface area contributed by atoms with Gasteiger partial charge in [-0.3, -0.25) is 20.2 Å². The van der Waals surface area contributed by atoms with Crippen molar-refractivity contribution in [1.29, 1.82) is 0 Å². The minimum Gasteiger partial charge on any atom is -0.258 e. The molecule has 0 saturated carbocycles. The van der Waals surface area contributed by atoms with E-state index in [1.54, 1.807) is 6.07 Å². The van der Waals surface area contributed by atoms with Gasteiger partial charge in [0.25, 0.3) is 11.4 Å². The molecule has 0 saturated heterocycles. The molecule has 6 nitrogen and oxygen atoms in total. The molecular weight excluding hydrogens is 332 g/mol. The first-order valence-electron chi connectivity index (χ1n) is 8.07. The van der Waals surface area contributed by atoms with E-state index in [9.17, 15) is 20.2 Å². The number of nitrogens with zero attached hydrogens (tertiary/aromatic N) is 2. The van der Waals surface area contributed by atoms with E-state index in [0.29, 0.717) is 24.0 Å². The molecule has 0 spiro atoms. The first kappa shape index (κ1) is 17.3. The van der Waals surface area contributed by atoms with Crippen LogP contribution in [0.5, 0.6) is 0 Å². The maximum Gasteiger partial charge on any atom is 0.279 e. The molecule has 0 radical (unpaired) electrons. The van der Waals surface area contributed by atoms with Crippen molar-refractivity contribution in [2.75, 3.05) is 0 Å². The van der Waals surface area contributed by atoms with Crippen molar-refractivity contribution in [3.8, 4) is 0 Å². The van der Waals surface area contributed by atoms with Gasteiger partial charge in [0.05, 0.1) is 15.9 Å². The van der Waals surface area contributed by atoms with Gasteiger partial charge >= 0.3 is 0 Å². The smallest absolute Gasteiger partial charge is 0.258 e.